The van der Waals surface area contributed by atoms with E-state index in [2.05, 4.69) is 17.4 Å². The van der Waals surface area contributed by atoms with Crippen LogP contribution in [0.4, 0.5) is 0 Å². The van der Waals surface area contributed by atoms with Crippen molar-refractivity contribution in [1.29, 1.82) is 5.41 Å². The Labute approximate surface area is 147 Å². The Kier molecular flexibility index (Phi) is 4.70. The van der Waals surface area contributed by atoms with E-state index in [1.807, 2.05) is 18.2 Å². The first-order chi connectivity index (χ1) is 11.9. The molecule has 2 heterocycles. The second-order valence-corrected chi connectivity index (χ2v) is 6.99. The molecule has 2 aliphatic heterocycles. The smallest absolute Gasteiger partial charge is 0.228 e. The van der Waals surface area contributed by atoms with Crippen LogP contribution in [-0.4, -0.2) is 46.8 Å². The number of carbonyl (C=O) groups excluding carboxylic acids is 3. The van der Waals surface area contributed by atoms with E-state index in [4.69, 9.17) is 5.41 Å². The molecule has 0 aliphatic carbocycles. The number of nitrogens with zero attached hydrogens (tertiary/aromatic N) is 1. The molecule has 0 radical (unpaired) electrons. The molecule has 1 aromatic carbocycles. The number of carbonyl (C=O) groups is 3. The minimum atomic E-state index is -1.32. The van der Waals surface area contributed by atoms with E-state index in [1.54, 1.807) is 4.90 Å². The Morgan fingerprint density at radius 2 is 1.88 bits per heavy atom. The van der Waals surface area contributed by atoms with Gasteiger partial charge in [-0.05, 0) is 31.2 Å². The Bertz CT molecular complexity index is 708. The maximum Gasteiger partial charge on any atom is 0.228 e. The summed E-state index contributed by atoms with van der Waals surface area (Å²) in [6, 6.07) is 10.3. The van der Waals surface area contributed by atoms with Gasteiger partial charge in [-0.1, -0.05) is 30.3 Å². The lowest BCUT2D eigenvalue weighted by Crippen LogP contribution is -2.52. The van der Waals surface area contributed by atoms with Crippen LogP contribution in [0.2, 0.25) is 0 Å². The lowest BCUT2D eigenvalue weighted by Gasteiger charge is -2.33. The third-order valence-electron chi connectivity index (χ3n) is 5.32. The molecule has 2 fully saturated rings. The van der Waals surface area contributed by atoms with Crippen molar-refractivity contribution < 1.29 is 14.4 Å². The van der Waals surface area contributed by atoms with Crippen LogP contribution in [0.1, 0.15) is 44.1 Å². The summed E-state index contributed by atoms with van der Waals surface area (Å²) in [6.45, 7) is 2.82. The monoisotopic (exact) mass is 341 g/mol. The third kappa shape index (κ3) is 3.48. The van der Waals surface area contributed by atoms with Crippen molar-refractivity contribution >= 4 is 23.3 Å². The lowest BCUT2D eigenvalue weighted by atomic mass is 9.88. The minimum absolute atomic E-state index is 0.0291. The molecule has 1 aromatic rings. The summed E-state index contributed by atoms with van der Waals surface area (Å²) in [5.41, 5.74) is -0.0533. The molecule has 0 bridgehead atoms. The number of nitrogens with one attached hydrogen (secondary N) is 2. The van der Waals surface area contributed by atoms with Crippen molar-refractivity contribution in [3.63, 3.8) is 0 Å². The summed E-state index contributed by atoms with van der Waals surface area (Å²) in [6.07, 6.45) is 1.46. The second-order valence-electron chi connectivity index (χ2n) is 6.99. The van der Waals surface area contributed by atoms with Crippen molar-refractivity contribution in [1.82, 2.24) is 10.2 Å². The van der Waals surface area contributed by atoms with E-state index in [0.717, 1.165) is 12.8 Å². The number of rotatable bonds is 4. The van der Waals surface area contributed by atoms with Crippen molar-refractivity contribution in [3.05, 3.63) is 35.9 Å². The SMILES string of the molecule is CC1(C(=N)CC(=O)N2CCC(c3ccccc3)CC2)NC(=O)CC1=O. The van der Waals surface area contributed by atoms with Crippen LogP contribution < -0.4 is 5.32 Å². The van der Waals surface area contributed by atoms with Gasteiger partial charge in [0, 0.05) is 13.1 Å². The fourth-order valence-electron chi connectivity index (χ4n) is 3.59. The van der Waals surface area contributed by atoms with Gasteiger partial charge in [0.05, 0.1) is 18.6 Å². The average molecular weight is 341 g/mol. The summed E-state index contributed by atoms with van der Waals surface area (Å²) >= 11 is 0. The van der Waals surface area contributed by atoms with Gasteiger partial charge in [0.25, 0.3) is 0 Å². The van der Waals surface area contributed by atoms with Crippen LogP contribution >= 0.6 is 0 Å². The molecule has 132 valence electrons. The van der Waals surface area contributed by atoms with Gasteiger partial charge in [-0.15, -0.1) is 0 Å². The van der Waals surface area contributed by atoms with E-state index in [0.29, 0.717) is 19.0 Å². The van der Waals surface area contributed by atoms with Gasteiger partial charge in [0.1, 0.15) is 5.54 Å². The highest BCUT2D eigenvalue weighted by molar-refractivity contribution is 6.25. The summed E-state index contributed by atoms with van der Waals surface area (Å²) in [4.78, 5) is 37.6. The molecule has 2 aliphatic rings. The van der Waals surface area contributed by atoms with Crippen LogP contribution in [0.25, 0.3) is 0 Å². The number of benzene rings is 1. The quantitative estimate of drug-likeness (QED) is 0.644. The molecule has 1 unspecified atom stereocenters. The predicted molar refractivity (Wildman–Crippen MR) is 93.5 cm³/mol. The molecule has 6 heteroatoms. The van der Waals surface area contributed by atoms with Crippen molar-refractivity contribution in [2.24, 2.45) is 0 Å². The Hall–Kier alpha value is -2.50. The van der Waals surface area contributed by atoms with Gasteiger partial charge in [-0.3, -0.25) is 14.4 Å². The zero-order valence-electron chi connectivity index (χ0n) is 14.4. The Balaban J connectivity index is 1.55. The number of Topliss-reactive ketones (excluding diaryl/α,β-unsaturated/α-hetero) is 1. The summed E-state index contributed by atoms with van der Waals surface area (Å²) in [5, 5.41) is 10.7. The molecule has 2 saturated heterocycles. The summed E-state index contributed by atoms with van der Waals surface area (Å²) < 4.78 is 0. The molecule has 3 rings (SSSR count). The predicted octanol–water partition coefficient (Wildman–Crippen LogP) is 1.65. The number of hydrogen-bond donors (Lipinski definition) is 2. The topological polar surface area (TPSA) is 90.3 Å². The molecule has 25 heavy (non-hydrogen) atoms. The van der Waals surface area contributed by atoms with Crippen LogP contribution in [-0.2, 0) is 14.4 Å². The van der Waals surface area contributed by atoms with E-state index >= 15 is 0 Å². The Morgan fingerprint density at radius 3 is 2.44 bits per heavy atom. The van der Waals surface area contributed by atoms with Gasteiger partial charge in [0.15, 0.2) is 5.78 Å². The molecule has 2 N–H and O–H groups in total. The minimum Gasteiger partial charge on any atom is -0.342 e. The van der Waals surface area contributed by atoms with Crippen molar-refractivity contribution in [3.8, 4) is 0 Å². The van der Waals surface area contributed by atoms with Crippen LogP contribution in [0, 0.1) is 5.41 Å². The van der Waals surface area contributed by atoms with Gasteiger partial charge in [-0.25, -0.2) is 0 Å². The number of hydrogen-bond acceptors (Lipinski definition) is 4. The summed E-state index contributed by atoms with van der Waals surface area (Å²) in [5.74, 6) is -0.406. The maximum atomic E-state index is 12.5. The highest BCUT2D eigenvalue weighted by atomic mass is 16.2. The Morgan fingerprint density at radius 1 is 1.24 bits per heavy atom. The average Bonchev–Trinajstić information content (AvgIpc) is 2.89. The molecule has 0 saturated carbocycles. The first-order valence-corrected chi connectivity index (χ1v) is 8.65. The molecular weight excluding hydrogens is 318 g/mol. The van der Waals surface area contributed by atoms with Crippen LogP contribution in [0.5, 0.6) is 0 Å². The lowest BCUT2D eigenvalue weighted by molar-refractivity contribution is -0.131. The normalized spacial score (nSPS) is 24.3. The van der Waals surface area contributed by atoms with E-state index in [1.165, 1.54) is 12.5 Å². The van der Waals surface area contributed by atoms with Gasteiger partial charge in [0.2, 0.25) is 11.8 Å². The summed E-state index contributed by atoms with van der Waals surface area (Å²) in [7, 11) is 0. The van der Waals surface area contributed by atoms with Crippen LogP contribution in [0.15, 0.2) is 30.3 Å². The zero-order chi connectivity index (χ0) is 18.0. The highest BCUT2D eigenvalue weighted by Gasteiger charge is 2.45. The molecular formula is C19H23N3O3. The first-order valence-electron chi connectivity index (χ1n) is 8.65. The molecule has 2 amide bonds. The molecule has 0 spiro atoms. The fourth-order valence-corrected chi connectivity index (χ4v) is 3.59. The number of likely N-dealkylation sites (tertiary alicyclic amines) is 1. The van der Waals surface area contributed by atoms with Crippen molar-refractivity contribution in [2.75, 3.05) is 13.1 Å². The number of ketones is 1. The zero-order valence-corrected chi connectivity index (χ0v) is 14.4. The molecule has 0 aromatic heterocycles. The van der Waals surface area contributed by atoms with Crippen molar-refractivity contribution in [2.45, 2.75) is 44.1 Å². The largest absolute Gasteiger partial charge is 0.342 e. The molecule has 6 nitrogen and oxygen atoms in total. The van der Waals surface area contributed by atoms with E-state index in [9.17, 15) is 14.4 Å². The second kappa shape index (κ2) is 6.78. The van der Waals surface area contributed by atoms with E-state index in [-0.39, 0.29) is 36.2 Å². The van der Waals surface area contributed by atoms with E-state index < -0.39 is 5.54 Å². The third-order valence-corrected chi connectivity index (χ3v) is 5.32. The fraction of sp³-hybridized carbons (Fsp3) is 0.474. The standard InChI is InChI=1S/C19H23N3O3/c1-19(16(23)12-17(24)21-19)15(20)11-18(25)22-9-7-14(8-10-22)13-5-3-2-4-6-13/h2-6,14,20H,7-12H2,1H3,(H,21,24). The number of amides is 2. The number of piperidine rings is 1. The van der Waals surface area contributed by atoms with Gasteiger partial charge >= 0.3 is 0 Å². The van der Waals surface area contributed by atoms with Gasteiger partial charge < -0.3 is 15.6 Å². The molecule has 1 atom stereocenters. The highest BCUT2D eigenvalue weighted by Crippen LogP contribution is 2.28. The van der Waals surface area contributed by atoms with Crippen LogP contribution in [0.3, 0.4) is 0 Å². The van der Waals surface area contributed by atoms with Gasteiger partial charge in [-0.2, -0.15) is 0 Å². The maximum absolute atomic E-state index is 12.5. The first kappa shape index (κ1) is 17.3.